The Morgan fingerprint density at radius 3 is 2.60 bits per heavy atom. The van der Waals surface area contributed by atoms with Crippen LogP contribution in [0.3, 0.4) is 0 Å². The second-order valence-corrected chi connectivity index (χ2v) is 6.32. The molecule has 3 rings (SSSR count). The van der Waals surface area contributed by atoms with Crippen LogP contribution >= 0.6 is 11.6 Å². The van der Waals surface area contributed by atoms with Crippen LogP contribution in [0.2, 0.25) is 5.02 Å². The first-order valence-corrected chi connectivity index (χ1v) is 7.97. The molecule has 0 bridgehead atoms. The fraction of sp³-hybridized carbons (Fsp3) is 0.562. The molecule has 20 heavy (non-hydrogen) atoms. The topological polar surface area (TPSA) is 43.8 Å². The Hall–Kier alpha value is -1.06. The van der Waals surface area contributed by atoms with Crippen LogP contribution in [-0.2, 0) is 12.1 Å². The van der Waals surface area contributed by atoms with Gasteiger partial charge in [0.2, 0.25) is 0 Å². The number of benzene rings is 1. The van der Waals surface area contributed by atoms with Gasteiger partial charge in [0.15, 0.2) is 0 Å². The van der Waals surface area contributed by atoms with Crippen LogP contribution in [-0.4, -0.2) is 9.55 Å². The molecule has 0 saturated heterocycles. The molecule has 0 spiro atoms. The van der Waals surface area contributed by atoms with Crippen molar-refractivity contribution in [3.63, 3.8) is 0 Å². The number of halogens is 1. The Morgan fingerprint density at radius 1 is 1.25 bits per heavy atom. The van der Waals surface area contributed by atoms with Crippen molar-refractivity contribution in [3.8, 4) is 0 Å². The van der Waals surface area contributed by atoms with E-state index in [-0.39, 0.29) is 5.54 Å². The molecule has 1 aromatic carbocycles. The minimum absolute atomic E-state index is 0.280. The van der Waals surface area contributed by atoms with Crippen LogP contribution in [0.25, 0.3) is 11.0 Å². The van der Waals surface area contributed by atoms with Crippen molar-refractivity contribution >= 4 is 22.6 Å². The third-order valence-electron chi connectivity index (χ3n) is 4.47. The van der Waals surface area contributed by atoms with E-state index < -0.39 is 0 Å². The fourth-order valence-corrected chi connectivity index (χ4v) is 3.55. The summed E-state index contributed by atoms with van der Waals surface area (Å²) >= 11 is 6.09. The zero-order valence-corrected chi connectivity index (χ0v) is 12.8. The summed E-state index contributed by atoms with van der Waals surface area (Å²) in [6.07, 6.45) is 7.04. The highest BCUT2D eigenvalue weighted by molar-refractivity contribution is 6.31. The van der Waals surface area contributed by atoms with Crippen LogP contribution in [0.5, 0.6) is 0 Å². The lowest BCUT2D eigenvalue weighted by Crippen LogP contribution is -2.39. The first-order valence-electron chi connectivity index (χ1n) is 7.59. The molecule has 0 unspecified atom stereocenters. The smallest absolute Gasteiger partial charge is 0.130 e. The van der Waals surface area contributed by atoms with Crippen LogP contribution < -0.4 is 5.73 Å². The summed E-state index contributed by atoms with van der Waals surface area (Å²) in [5, 5.41) is 0.733. The Bertz CT molecular complexity index is 609. The van der Waals surface area contributed by atoms with E-state index in [1.54, 1.807) is 0 Å². The van der Waals surface area contributed by atoms with E-state index >= 15 is 0 Å². The molecule has 0 aliphatic heterocycles. The molecular formula is C16H22ClN3. The second-order valence-electron chi connectivity index (χ2n) is 5.88. The molecule has 3 nitrogen and oxygen atoms in total. The molecule has 1 fully saturated rings. The standard InChI is InChI=1S/C16H22ClN3/c1-2-20-14-8-7-12(17)11-13(14)19-15(20)16(18)9-5-3-4-6-10-16/h7-8,11H,2-6,9-10,18H2,1H3. The second kappa shape index (κ2) is 5.38. The van der Waals surface area contributed by atoms with E-state index in [0.29, 0.717) is 0 Å². The van der Waals surface area contributed by atoms with Crippen molar-refractivity contribution in [2.24, 2.45) is 5.73 Å². The number of fused-ring (bicyclic) bond motifs is 1. The molecule has 4 heteroatoms. The lowest BCUT2D eigenvalue weighted by Gasteiger charge is -2.28. The number of aromatic nitrogens is 2. The van der Waals surface area contributed by atoms with Crippen molar-refractivity contribution in [1.29, 1.82) is 0 Å². The summed E-state index contributed by atoms with van der Waals surface area (Å²) in [6.45, 7) is 3.05. The molecule has 0 atom stereocenters. The lowest BCUT2D eigenvalue weighted by atomic mass is 9.90. The number of nitrogens with two attached hydrogens (primary N) is 1. The van der Waals surface area contributed by atoms with Gasteiger partial charge in [0.05, 0.1) is 16.6 Å². The number of imidazole rings is 1. The summed E-state index contributed by atoms with van der Waals surface area (Å²) in [4.78, 5) is 4.83. The van der Waals surface area contributed by atoms with Crippen molar-refractivity contribution in [1.82, 2.24) is 9.55 Å². The zero-order chi connectivity index (χ0) is 14.2. The average Bonchev–Trinajstić information content (AvgIpc) is 2.66. The predicted molar refractivity (Wildman–Crippen MR) is 84.0 cm³/mol. The molecular weight excluding hydrogens is 270 g/mol. The summed E-state index contributed by atoms with van der Waals surface area (Å²) in [7, 11) is 0. The van der Waals surface area contributed by atoms with Crippen molar-refractivity contribution < 1.29 is 0 Å². The molecule has 1 aliphatic carbocycles. The number of aryl methyl sites for hydroxylation is 1. The Morgan fingerprint density at radius 2 is 1.95 bits per heavy atom. The summed E-state index contributed by atoms with van der Waals surface area (Å²) in [5.74, 6) is 1.04. The highest BCUT2D eigenvalue weighted by Gasteiger charge is 2.33. The number of rotatable bonds is 2. The van der Waals surface area contributed by atoms with E-state index in [2.05, 4.69) is 17.6 Å². The maximum absolute atomic E-state index is 6.74. The molecule has 1 heterocycles. The number of hydrogen-bond acceptors (Lipinski definition) is 2. The Labute approximate surface area is 125 Å². The molecule has 0 amide bonds. The molecule has 0 radical (unpaired) electrons. The molecule has 1 aromatic heterocycles. The number of hydrogen-bond donors (Lipinski definition) is 1. The molecule has 108 valence electrons. The SMILES string of the molecule is CCn1c(C2(N)CCCCCC2)nc2cc(Cl)ccc21. The number of nitrogens with zero attached hydrogens (tertiary/aromatic N) is 2. The van der Waals surface area contributed by atoms with Gasteiger partial charge in [0, 0.05) is 11.6 Å². The maximum Gasteiger partial charge on any atom is 0.130 e. The van der Waals surface area contributed by atoms with E-state index in [0.717, 1.165) is 41.3 Å². The van der Waals surface area contributed by atoms with Gasteiger partial charge < -0.3 is 10.3 Å². The van der Waals surface area contributed by atoms with Gasteiger partial charge in [0.25, 0.3) is 0 Å². The zero-order valence-electron chi connectivity index (χ0n) is 12.0. The van der Waals surface area contributed by atoms with Gasteiger partial charge in [-0.2, -0.15) is 0 Å². The lowest BCUT2D eigenvalue weighted by molar-refractivity contribution is 0.350. The predicted octanol–water partition coefficient (Wildman–Crippen LogP) is 4.22. The highest BCUT2D eigenvalue weighted by Crippen LogP contribution is 2.35. The normalized spacial score (nSPS) is 19.1. The molecule has 2 aromatic rings. The van der Waals surface area contributed by atoms with Gasteiger partial charge in [-0.3, -0.25) is 0 Å². The van der Waals surface area contributed by atoms with Crippen molar-refractivity contribution in [2.75, 3.05) is 0 Å². The van der Waals surface area contributed by atoms with Gasteiger partial charge >= 0.3 is 0 Å². The van der Waals surface area contributed by atoms with Crippen LogP contribution in [0.4, 0.5) is 0 Å². The van der Waals surface area contributed by atoms with E-state index in [1.165, 1.54) is 25.7 Å². The minimum Gasteiger partial charge on any atom is -0.327 e. The Balaban J connectivity index is 2.14. The van der Waals surface area contributed by atoms with Gasteiger partial charge in [-0.05, 0) is 38.0 Å². The van der Waals surface area contributed by atoms with Gasteiger partial charge in [-0.15, -0.1) is 0 Å². The minimum atomic E-state index is -0.280. The monoisotopic (exact) mass is 291 g/mol. The van der Waals surface area contributed by atoms with E-state index in [9.17, 15) is 0 Å². The average molecular weight is 292 g/mol. The first kappa shape index (κ1) is 13.9. The Kier molecular flexibility index (Phi) is 3.74. The summed E-state index contributed by atoms with van der Waals surface area (Å²) in [6, 6.07) is 5.92. The summed E-state index contributed by atoms with van der Waals surface area (Å²) in [5.41, 5.74) is 8.56. The third kappa shape index (κ3) is 2.33. The first-order chi connectivity index (χ1) is 9.64. The van der Waals surface area contributed by atoms with Crippen molar-refractivity contribution in [2.45, 2.75) is 57.5 Å². The quantitative estimate of drug-likeness (QED) is 0.842. The van der Waals surface area contributed by atoms with Gasteiger partial charge in [-0.25, -0.2) is 4.98 Å². The summed E-state index contributed by atoms with van der Waals surface area (Å²) < 4.78 is 2.26. The molecule has 2 N–H and O–H groups in total. The largest absolute Gasteiger partial charge is 0.327 e. The van der Waals surface area contributed by atoms with Crippen LogP contribution in [0.1, 0.15) is 51.3 Å². The highest BCUT2D eigenvalue weighted by atomic mass is 35.5. The van der Waals surface area contributed by atoms with Crippen molar-refractivity contribution in [3.05, 3.63) is 29.0 Å². The molecule has 1 saturated carbocycles. The fourth-order valence-electron chi connectivity index (χ4n) is 3.39. The van der Waals surface area contributed by atoms with Gasteiger partial charge in [-0.1, -0.05) is 37.3 Å². The van der Waals surface area contributed by atoms with Gasteiger partial charge in [0.1, 0.15) is 5.82 Å². The maximum atomic E-state index is 6.74. The van der Waals surface area contributed by atoms with E-state index in [4.69, 9.17) is 22.3 Å². The van der Waals surface area contributed by atoms with Crippen LogP contribution in [0.15, 0.2) is 18.2 Å². The van der Waals surface area contributed by atoms with E-state index in [1.807, 2.05) is 12.1 Å². The molecule has 1 aliphatic rings. The van der Waals surface area contributed by atoms with Crippen LogP contribution in [0, 0.1) is 0 Å². The third-order valence-corrected chi connectivity index (χ3v) is 4.70.